The van der Waals surface area contributed by atoms with Gasteiger partial charge in [0.2, 0.25) is 0 Å². The molecule has 0 radical (unpaired) electrons. The third-order valence-corrected chi connectivity index (χ3v) is 3.38. The van der Waals surface area contributed by atoms with Gasteiger partial charge in [-0.05, 0) is 60.3 Å². The normalized spacial score (nSPS) is 17.7. The number of aliphatic hydroxyl groups is 2. The molecule has 0 bridgehead atoms. The maximum absolute atomic E-state index is 11.7. The Kier molecular flexibility index (Phi) is 6.03. The molecule has 2 unspecified atom stereocenters. The lowest BCUT2D eigenvalue weighted by molar-refractivity contribution is -0.156. The van der Waals surface area contributed by atoms with Gasteiger partial charge in [-0.3, -0.25) is 4.79 Å². The fraction of sp³-hybridized carbons (Fsp3) is 0.933. The third-order valence-electron chi connectivity index (χ3n) is 3.38. The first-order valence-corrected chi connectivity index (χ1v) is 6.91. The molecule has 0 aliphatic carbocycles. The molecule has 0 fully saturated rings. The minimum atomic E-state index is -1.16. The van der Waals surface area contributed by atoms with Gasteiger partial charge in [-0.25, -0.2) is 0 Å². The molecule has 0 amide bonds. The van der Waals surface area contributed by atoms with Crippen molar-refractivity contribution in [3.8, 4) is 0 Å². The van der Waals surface area contributed by atoms with Gasteiger partial charge in [0.05, 0.1) is 11.2 Å². The molecule has 0 aliphatic rings. The summed E-state index contributed by atoms with van der Waals surface area (Å²) in [6, 6.07) is 0. The Labute approximate surface area is 117 Å². The maximum atomic E-state index is 11.7. The van der Waals surface area contributed by atoms with E-state index in [1.165, 1.54) is 0 Å². The van der Waals surface area contributed by atoms with Crippen LogP contribution in [-0.4, -0.2) is 33.0 Å². The molecule has 0 aromatic carbocycles. The van der Waals surface area contributed by atoms with Crippen LogP contribution in [0.4, 0.5) is 0 Å². The molecule has 4 heteroatoms. The van der Waals surface area contributed by atoms with Crippen molar-refractivity contribution in [3.05, 3.63) is 0 Å². The number of rotatable bonds is 6. The summed E-state index contributed by atoms with van der Waals surface area (Å²) in [5.41, 5.74) is -2.77. The van der Waals surface area contributed by atoms with E-state index >= 15 is 0 Å². The van der Waals surface area contributed by atoms with Crippen LogP contribution in [0.1, 0.15) is 67.7 Å². The van der Waals surface area contributed by atoms with Crippen molar-refractivity contribution in [3.63, 3.8) is 0 Å². The topological polar surface area (TPSA) is 66.8 Å². The van der Waals surface area contributed by atoms with Gasteiger partial charge >= 0.3 is 5.97 Å². The molecule has 0 heterocycles. The van der Waals surface area contributed by atoms with Crippen LogP contribution in [-0.2, 0) is 9.53 Å². The highest BCUT2D eigenvalue weighted by atomic mass is 16.6. The number of hydrogen-bond donors (Lipinski definition) is 2. The molecule has 0 rings (SSSR count). The van der Waals surface area contributed by atoms with E-state index in [9.17, 15) is 15.0 Å². The van der Waals surface area contributed by atoms with Gasteiger partial charge in [0.25, 0.3) is 0 Å². The number of carbonyl (C=O) groups is 1. The van der Waals surface area contributed by atoms with Crippen molar-refractivity contribution < 1.29 is 19.7 Å². The summed E-state index contributed by atoms with van der Waals surface area (Å²) in [6.45, 7) is 12.3. The zero-order valence-electron chi connectivity index (χ0n) is 13.4. The highest BCUT2D eigenvalue weighted by Gasteiger charge is 2.37. The first-order valence-electron chi connectivity index (χ1n) is 6.91. The fourth-order valence-electron chi connectivity index (χ4n) is 1.60. The lowest BCUT2D eigenvalue weighted by Gasteiger charge is -2.36. The molecule has 4 nitrogen and oxygen atoms in total. The van der Waals surface area contributed by atoms with Gasteiger partial charge in [0.1, 0.15) is 5.60 Å². The third kappa shape index (κ3) is 7.53. The van der Waals surface area contributed by atoms with Crippen LogP contribution in [0.3, 0.4) is 0 Å². The summed E-state index contributed by atoms with van der Waals surface area (Å²) in [6.07, 6.45) is 1.44. The highest BCUT2D eigenvalue weighted by Crippen LogP contribution is 2.28. The van der Waals surface area contributed by atoms with Crippen LogP contribution < -0.4 is 0 Å². The summed E-state index contributed by atoms with van der Waals surface area (Å²) in [5.74, 6) is -0.105. The predicted octanol–water partition coefficient (Wildman–Crippen LogP) is 2.66. The Bertz CT molecular complexity index is 294. The van der Waals surface area contributed by atoms with Crippen LogP contribution in [0.5, 0.6) is 0 Å². The van der Waals surface area contributed by atoms with Crippen LogP contribution in [0, 0.1) is 5.92 Å². The quantitative estimate of drug-likeness (QED) is 0.731. The van der Waals surface area contributed by atoms with E-state index in [1.54, 1.807) is 20.8 Å². The summed E-state index contributed by atoms with van der Waals surface area (Å²) in [7, 11) is 0. The lowest BCUT2D eigenvalue weighted by atomic mass is 9.81. The molecule has 114 valence electrons. The van der Waals surface area contributed by atoms with Gasteiger partial charge in [0.15, 0.2) is 0 Å². The zero-order valence-corrected chi connectivity index (χ0v) is 13.4. The van der Waals surface area contributed by atoms with E-state index in [1.807, 2.05) is 27.7 Å². The van der Waals surface area contributed by atoms with Gasteiger partial charge in [0, 0.05) is 6.42 Å². The van der Waals surface area contributed by atoms with Crippen molar-refractivity contribution in [1.82, 2.24) is 0 Å². The van der Waals surface area contributed by atoms with Crippen LogP contribution in [0.25, 0.3) is 0 Å². The van der Waals surface area contributed by atoms with E-state index in [-0.39, 0.29) is 11.9 Å². The standard InChI is InChI=1S/C15H30O4/c1-11(10-12(16)19-13(2,3)4)8-9-15(7,18)14(5,6)17/h11,17-18H,8-10H2,1-7H3. The molecule has 2 N–H and O–H groups in total. The summed E-state index contributed by atoms with van der Waals surface area (Å²) in [5, 5.41) is 20.0. The first kappa shape index (κ1) is 18.4. The second-order valence-corrected chi connectivity index (χ2v) is 7.27. The molecule has 0 saturated carbocycles. The Morgan fingerprint density at radius 1 is 1.11 bits per heavy atom. The Morgan fingerprint density at radius 2 is 1.58 bits per heavy atom. The average molecular weight is 274 g/mol. The van der Waals surface area contributed by atoms with Gasteiger partial charge in [-0.15, -0.1) is 0 Å². The van der Waals surface area contributed by atoms with Crippen LogP contribution in [0.15, 0.2) is 0 Å². The number of ether oxygens (including phenoxy) is 1. The van der Waals surface area contributed by atoms with Crippen molar-refractivity contribution >= 4 is 5.97 Å². The Balaban J connectivity index is 4.20. The highest BCUT2D eigenvalue weighted by molar-refractivity contribution is 5.70. The molecule has 0 saturated heterocycles. The predicted molar refractivity (Wildman–Crippen MR) is 75.8 cm³/mol. The van der Waals surface area contributed by atoms with Crippen molar-refractivity contribution in [2.24, 2.45) is 5.92 Å². The van der Waals surface area contributed by atoms with Crippen molar-refractivity contribution in [2.75, 3.05) is 0 Å². The number of hydrogen-bond acceptors (Lipinski definition) is 4. The summed E-state index contributed by atoms with van der Waals surface area (Å²) in [4.78, 5) is 11.7. The minimum absolute atomic E-state index is 0.115. The largest absolute Gasteiger partial charge is 0.460 e. The zero-order chi connectivity index (χ0) is 15.5. The fourth-order valence-corrected chi connectivity index (χ4v) is 1.60. The molecule has 19 heavy (non-hydrogen) atoms. The van der Waals surface area contributed by atoms with E-state index < -0.39 is 16.8 Å². The van der Waals surface area contributed by atoms with Gasteiger partial charge < -0.3 is 14.9 Å². The number of carbonyl (C=O) groups excluding carboxylic acids is 1. The van der Waals surface area contributed by atoms with E-state index in [2.05, 4.69) is 0 Å². The number of esters is 1. The molecular weight excluding hydrogens is 244 g/mol. The second kappa shape index (κ2) is 6.23. The summed E-state index contributed by atoms with van der Waals surface area (Å²) >= 11 is 0. The Hall–Kier alpha value is -0.610. The molecule has 0 aromatic heterocycles. The van der Waals surface area contributed by atoms with Crippen molar-refractivity contribution in [1.29, 1.82) is 0 Å². The molecule has 2 atom stereocenters. The minimum Gasteiger partial charge on any atom is -0.460 e. The molecule has 0 aliphatic heterocycles. The lowest BCUT2D eigenvalue weighted by Crippen LogP contribution is -2.47. The van der Waals surface area contributed by atoms with Crippen LogP contribution >= 0.6 is 0 Å². The first-order chi connectivity index (χ1) is 8.24. The van der Waals surface area contributed by atoms with E-state index in [4.69, 9.17) is 4.74 Å². The SMILES string of the molecule is CC(CCC(C)(O)C(C)(C)O)CC(=O)OC(C)(C)C. The molecule has 0 aromatic rings. The van der Waals surface area contributed by atoms with Gasteiger partial charge in [-0.2, -0.15) is 0 Å². The molecule has 0 spiro atoms. The second-order valence-electron chi connectivity index (χ2n) is 7.27. The average Bonchev–Trinajstić information content (AvgIpc) is 2.09. The maximum Gasteiger partial charge on any atom is 0.306 e. The van der Waals surface area contributed by atoms with Gasteiger partial charge in [-0.1, -0.05) is 6.92 Å². The van der Waals surface area contributed by atoms with E-state index in [0.29, 0.717) is 19.3 Å². The van der Waals surface area contributed by atoms with Crippen molar-refractivity contribution in [2.45, 2.75) is 84.5 Å². The Morgan fingerprint density at radius 3 is 1.95 bits per heavy atom. The smallest absolute Gasteiger partial charge is 0.306 e. The molecular formula is C15H30O4. The van der Waals surface area contributed by atoms with Crippen LogP contribution in [0.2, 0.25) is 0 Å². The monoisotopic (exact) mass is 274 g/mol. The van der Waals surface area contributed by atoms with E-state index in [0.717, 1.165) is 0 Å². The summed E-state index contributed by atoms with van der Waals surface area (Å²) < 4.78 is 5.26.